The van der Waals surface area contributed by atoms with E-state index in [2.05, 4.69) is 0 Å². The minimum absolute atomic E-state index is 0.0171. The maximum absolute atomic E-state index is 13.1. The van der Waals surface area contributed by atoms with Gasteiger partial charge in [0, 0.05) is 16.5 Å². The van der Waals surface area contributed by atoms with Gasteiger partial charge in [-0.2, -0.15) is 0 Å². The van der Waals surface area contributed by atoms with E-state index in [1.54, 1.807) is 26.4 Å². The third-order valence-corrected chi connectivity index (χ3v) is 6.97. The van der Waals surface area contributed by atoms with Gasteiger partial charge in [-0.3, -0.25) is 4.79 Å². The lowest BCUT2D eigenvalue weighted by atomic mass is 9.89. The summed E-state index contributed by atoms with van der Waals surface area (Å²) in [7, 11) is 3.10. The van der Waals surface area contributed by atoms with Gasteiger partial charge in [0.2, 0.25) is 6.79 Å². The van der Waals surface area contributed by atoms with Crippen molar-refractivity contribution in [3.05, 3.63) is 41.5 Å². The van der Waals surface area contributed by atoms with Crippen LogP contribution in [0.25, 0.3) is 21.9 Å². The van der Waals surface area contributed by atoms with Crippen molar-refractivity contribution >= 4 is 22.7 Å². The van der Waals surface area contributed by atoms with Crippen molar-refractivity contribution in [3.8, 4) is 39.9 Å². The van der Waals surface area contributed by atoms with Crippen LogP contribution in [-0.4, -0.2) is 33.0 Å². The Morgan fingerprint density at radius 2 is 1.60 bits per heavy atom. The standard InChI is InChI=1S/C27H24O8/c1-30-20-10-16-17(11-21(20)31-2)25(35-26(28)14-5-3-4-6-14)18-12-32-27(29)24(18)23(16)15-7-8-19-22(9-15)34-13-33-19/h7-11,14H,3-6,12-13H2,1-2H3. The zero-order valence-electron chi connectivity index (χ0n) is 19.5. The molecule has 3 aliphatic rings. The highest BCUT2D eigenvalue weighted by Gasteiger charge is 2.35. The molecule has 0 amide bonds. The average Bonchev–Trinajstić information content (AvgIpc) is 3.64. The Labute approximate surface area is 201 Å². The molecule has 1 fully saturated rings. The van der Waals surface area contributed by atoms with Crippen molar-refractivity contribution in [3.63, 3.8) is 0 Å². The molecule has 0 radical (unpaired) electrons. The zero-order chi connectivity index (χ0) is 24.1. The molecule has 0 atom stereocenters. The van der Waals surface area contributed by atoms with Crippen LogP contribution in [0.2, 0.25) is 0 Å². The smallest absolute Gasteiger partial charge is 0.339 e. The van der Waals surface area contributed by atoms with Gasteiger partial charge in [0.1, 0.15) is 12.4 Å². The zero-order valence-corrected chi connectivity index (χ0v) is 19.5. The fourth-order valence-electron chi connectivity index (χ4n) is 5.22. The summed E-state index contributed by atoms with van der Waals surface area (Å²) < 4.78 is 33.6. The van der Waals surface area contributed by atoms with Crippen LogP contribution in [0.1, 0.15) is 41.6 Å². The first-order valence-corrected chi connectivity index (χ1v) is 11.6. The first kappa shape index (κ1) is 21.6. The molecule has 2 aliphatic heterocycles. The molecule has 2 heterocycles. The third kappa shape index (κ3) is 3.43. The van der Waals surface area contributed by atoms with E-state index >= 15 is 0 Å². The molecule has 6 rings (SSSR count). The van der Waals surface area contributed by atoms with Crippen LogP contribution in [0.15, 0.2) is 30.3 Å². The lowest BCUT2D eigenvalue weighted by Gasteiger charge is -2.19. The molecule has 0 N–H and O–H groups in total. The molecule has 0 bridgehead atoms. The predicted octanol–water partition coefficient (Wildman–Crippen LogP) is 5.02. The van der Waals surface area contributed by atoms with Crippen LogP contribution < -0.4 is 23.7 Å². The molecule has 180 valence electrons. The first-order valence-electron chi connectivity index (χ1n) is 11.6. The monoisotopic (exact) mass is 476 g/mol. The lowest BCUT2D eigenvalue weighted by molar-refractivity contribution is -0.138. The van der Waals surface area contributed by atoms with E-state index < -0.39 is 5.97 Å². The minimum atomic E-state index is -0.470. The molecular formula is C27H24O8. The van der Waals surface area contributed by atoms with Crippen LogP contribution in [-0.2, 0) is 16.1 Å². The number of benzene rings is 3. The maximum Gasteiger partial charge on any atom is 0.339 e. The number of methoxy groups -OCH3 is 2. The number of carbonyl (C=O) groups is 2. The maximum atomic E-state index is 13.1. The van der Waals surface area contributed by atoms with E-state index in [-0.39, 0.29) is 25.3 Å². The summed E-state index contributed by atoms with van der Waals surface area (Å²) in [6.07, 6.45) is 3.63. The van der Waals surface area contributed by atoms with Crippen molar-refractivity contribution in [2.24, 2.45) is 5.92 Å². The van der Waals surface area contributed by atoms with Gasteiger partial charge in [0.05, 0.1) is 25.7 Å². The van der Waals surface area contributed by atoms with Crippen LogP contribution in [0.4, 0.5) is 0 Å². The normalized spacial score (nSPS) is 16.3. The molecule has 0 spiro atoms. The average molecular weight is 476 g/mol. The van der Waals surface area contributed by atoms with Crippen molar-refractivity contribution < 1.29 is 38.0 Å². The summed E-state index contributed by atoms with van der Waals surface area (Å²) in [6, 6.07) is 9.10. The Hall–Kier alpha value is -3.94. The van der Waals surface area contributed by atoms with E-state index in [1.807, 2.05) is 18.2 Å². The largest absolute Gasteiger partial charge is 0.493 e. The summed E-state index contributed by atoms with van der Waals surface area (Å²) in [5.74, 6) is 1.64. The number of esters is 2. The highest BCUT2D eigenvalue weighted by Crippen LogP contribution is 2.49. The molecule has 1 aliphatic carbocycles. The number of fused-ring (bicyclic) bond motifs is 3. The number of rotatable bonds is 5. The molecule has 8 nitrogen and oxygen atoms in total. The van der Waals surface area contributed by atoms with Gasteiger partial charge in [-0.05, 0) is 48.1 Å². The van der Waals surface area contributed by atoms with Crippen LogP contribution in [0, 0.1) is 5.92 Å². The van der Waals surface area contributed by atoms with Gasteiger partial charge in [-0.1, -0.05) is 18.9 Å². The number of cyclic esters (lactones) is 1. The Morgan fingerprint density at radius 3 is 2.34 bits per heavy atom. The van der Waals surface area contributed by atoms with Crippen molar-refractivity contribution in [1.82, 2.24) is 0 Å². The summed E-state index contributed by atoms with van der Waals surface area (Å²) in [4.78, 5) is 26.1. The van der Waals surface area contributed by atoms with Crippen molar-refractivity contribution in [2.45, 2.75) is 32.3 Å². The second kappa shape index (κ2) is 8.37. The Morgan fingerprint density at radius 1 is 0.886 bits per heavy atom. The predicted molar refractivity (Wildman–Crippen MR) is 125 cm³/mol. The quantitative estimate of drug-likeness (QED) is 0.375. The molecule has 3 aromatic carbocycles. The van der Waals surface area contributed by atoms with Gasteiger partial charge < -0.3 is 28.4 Å². The van der Waals surface area contributed by atoms with Gasteiger partial charge >= 0.3 is 11.9 Å². The topological polar surface area (TPSA) is 89.5 Å². The first-order chi connectivity index (χ1) is 17.1. The van der Waals surface area contributed by atoms with Crippen LogP contribution >= 0.6 is 0 Å². The second-order valence-electron chi connectivity index (χ2n) is 8.86. The molecule has 0 unspecified atom stereocenters. The molecule has 8 heteroatoms. The van der Waals surface area contributed by atoms with Crippen molar-refractivity contribution in [1.29, 1.82) is 0 Å². The Kier molecular flexibility index (Phi) is 5.16. The molecule has 0 saturated heterocycles. The highest BCUT2D eigenvalue weighted by molar-refractivity contribution is 6.14. The number of hydrogen-bond donors (Lipinski definition) is 0. The number of ether oxygens (including phenoxy) is 6. The summed E-state index contributed by atoms with van der Waals surface area (Å²) >= 11 is 0. The molecular weight excluding hydrogens is 452 g/mol. The number of hydrogen-bond acceptors (Lipinski definition) is 8. The lowest BCUT2D eigenvalue weighted by Crippen LogP contribution is -2.19. The summed E-state index contributed by atoms with van der Waals surface area (Å²) in [6.45, 7) is 0.157. The molecule has 35 heavy (non-hydrogen) atoms. The van der Waals surface area contributed by atoms with E-state index in [1.165, 1.54) is 0 Å². The molecule has 3 aromatic rings. The Bertz CT molecular complexity index is 1370. The fourth-order valence-corrected chi connectivity index (χ4v) is 5.22. The minimum Gasteiger partial charge on any atom is -0.493 e. The van der Waals surface area contributed by atoms with E-state index in [4.69, 9.17) is 28.4 Å². The second-order valence-corrected chi connectivity index (χ2v) is 8.86. The third-order valence-electron chi connectivity index (χ3n) is 6.97. The fraction of sp³-hybridized carbons (Fsp3) is 0.333. The van der Waals surface area contributed by atoms with Gasteiger partial charge in [0.15, 0.2) is 23.0 Å². The van der Waals surface area contributed by atoms with Crippen LogP contribution in [0.3, 0.4) is 0 Å². The number of carbonyl (C=O) groups excluding carboxylic acids is 2. The molecule has 1 saturated carbocycles. The van der Waals surface area contributed by atoms with E-state index in [0.29, 0.717) is 56.2 Å². The van der Waals surface area contributed by atoms with Crippen molar-refractivity contribution in [2.75, 3.05) is 21.0 Å². The van der Waals surface area contributed by atoms with Gasteiger partial charge in [0.25, 0.3) is 0 Å². The Balaban J connectivity index is 1.63. The van der Waals surface area contributed by atoms with Gasteiger partial charge in [-0.15, -0.1) is 0 Å². The SMILES string of the molecule is COc1cc2c(OC(=O)C3CCCC3)c3c(c(-c4ccc5c(c4)OCO5)c2cc1OC)C(=O)OC3. The van der Waals surface area contributed by atoms with Crippen LogP contribution in [0.5, 0.6) is 28.7 Å². The summed E-state index contributed by atoms with van der Waals surface area (Å²) in [5.41, 5.74) is 2.32. The van der Waals surface area contributed by atoms with E-state index in [9.17, 15) is 9.59 Å². The highest BCUT2D eigenvalue weighted by atomic mass is 16.7. The summed E-state index contributed by atoms with van der Waals surface area (Å²) in [5, 5.41) is 1.31. The molecule has 0 aromatic heterocycles. The van der Waals surface area contributed by atoms with E-state index in [0.717, 1.165) is 31.2 Å². The van der Waals surface area contributed by atoms with Gasteiger partial charge in [-0.25, -0.2) is 4.79 Å².